The second-order valence-electron chi connectivity index (χ2n) is 6.13. The maximum absolute atomic E-state index is 12.4. The van der Waals surface area contributed by atoms with Gasteiger partial charge < -0.3 is 10.1 Å². The van der Waals surface area contributed by atoms with E-state index >= 15 is 0 Å². The summed E-state index contributed by atoms with van der Waals surface area (Å²) >= 11 is 11.9. The highest BCUT2D eigenvalue weighted by molar-refractivity contribution is 6.36. The molecule has 6 nitrogen and oxygen atoms in total. The van der Waals surface area contributed by atoms with Crippen LogP contribution in [0.1, 0.15) is 26.3 Å². The van der Waals surface area contributed by atoms with Gasteiger partial charge in [-0.3, -0.25) is 9.59 Å². The Hall–Kier alpha value is -3.35. The van der Waals surface area contributed by atoms with Crippen LogP contribution in [0.2, 0.25) is 10.0 Å². The van der Waals surface area contributed by atoms with E-state index in [-0.39, 0.29) is 5.91 Å². The lowest BCUT2D eigenvalue weighted by Gasteiger charge is -2.08. The molecule has 0 heterocycles. The molecule has 0 saturated heterocycles. The van der Waals surface area contributed by atoms with E-state index in [0.717, 1.165) is 0 Å². The van der Waals surface area contributed by atoms with E-state index in [4.69, 9.17) is 27.9 Å². The number of hydrazone groups is 1. The Bertz CT molecular complexity index is 1100. The van der Waals surface area contributed by atoms with Crippen molar-refractivity contribution in [1.29, 1.82) is 0 Å². The fourth-order valence-corrected chi connectivity index (χ4v) is 2.97. The van der Waals surface area contributed by atoms with Gasteiger partial charge in [-0.15, -0.1) is 0 Å². The van der Waals surface area contributed by atoms with Gasteiger partial charge in [-0.05, 0) is 54.6 Å². The van der Waals surface area contributed by atoms with Crippen molar-refractivity contribution in [1.82, 2.24) is 5.43 Å². The first-order valence-electron chi connectivity index (χ1n) is 8.80. The number of ether oxygens (including phenoxy) is 1. The van der Waals surface area contributed by atoms with Crippen LogP contribution in [0.5, 0.6) is 5.75 Å². The highest BCUT2D eigenvalue weighted by atomic mass is 35.5. The second kappa shape index (κ2) is 9.91. The molecule has 0 fully saturated rings. The summed E-state index contributed by atoms with van der Waals surface area (Å²) in [6.45, 7) is 0. The van der Waals surface area contributed by atoms with Crippen molar-refractivity contribution in [2.45, 2.75) is 0 Å². The molecule has 2 N–H and O–H groups in total. The van der Waals surface area contributed by atoms with Crippen molar-refractivity contribution in [2.75, 3.05) is 12.4 Å². The van der Waals surface area contributed by atoms with Crippen LogP contribution in [-0.2, 0) is 0 Å². The molecule has 152 valence electrons. The van der Waals surface area contributed by atoms with Gasteiger partial charge in [0.15, 0.2) is 0 Å². The molecule has 0 aliphatic carbocycles. The summed E-state index contributed by atoms with van der Waals surface area (Å²) < 4.78 is 5.08. The number of amides is 2. The van der Waals surface area contributed by atoms with Gasteiger partial charge in [0, 0.05) is 27.4 Å². The molecular weight excluding hydrogens is 425 g/mol. The van der Waals surface area contributed by atoms with Gasteiger partial charge >= 0.3 is 0 Å². The molecule has 0 atom stereocenters. The molecule has 0 radical (unpaired) electrons. The zero-order chi connectivity index (χ0) is 21.5. The zero-order valence-corrected chi connectivity index (χ0v) is 17.4. The molecule has 3 aromatic rings. The molecule has 0 aliphatic rings. The Kier molecular flexibility index (Phi) is 7.06. The molecule has 0 bridgehead atoms. The van der Waals surface area contributed by atoms with Gasteiger partial charge in [-0.1, -0.05) is 35.3 Å². The summed E-state index contributed by atoms with van der Waals surface area (Å²) in [5, 5.41) is 7.60. The maximum atomic E-state index is 12.4. The van der Waals surface area contributed by atoms with Crippen molar-refractivity contribution < 1.29 is 14.3 Å². The summed E-state index contributed by atoms with van der Waals surface area (Å²) in [5.74, 6) is -0.0758. The van der Waals surface area contributed by atoms with E-state index in [9.17, 15) is 9.59 Å². The van der Waals surface area contributed by atoms with Crippen LogP contribution in [0, 0.1) is 0 Å². The summed E-state index contributed by atoms with van der Waals surface area (Å²) in [4.78, 5) is 24.7. The van der Waals surface area contributed by atoms with Crippen LogP contribution in [0.3, 0.4) is 0 Å². The van der Waals surface area contributed by atoms with Crippen molar-refractivity contribution in [3.63, 3.8) is 0 Å². The number of methoxy groups -OCH3 is 1. The molecule has 2 amide bonds. The largest absolute Gasteiger partial charge is 0.497 e. The topological polar surface area (TPSA) is 79.8 Å². The lowest BCUT2D eigenvalue weighted by atomic mass is 10.1. The van der Waals surface area contributed by atoms with Crippen molar-refractivity contribution >= 4 is 46.9 Å². The summed E-state index contributed by atoms with van der Waals surface area (Å²) in [6, 6.07) is 18.2. The normalized spacial score (nSPS) is 10.6. The molecular formula is C22H17Cl2N3O3. The number of halogens is 2. The zero-order valence-electron chi connectivity index (χ0n) is 15.9. The predicted octanol–water partition coefficient (Wildman–Crippen LogP) is 5.02. The number of nitrogens with zero attached hydrogens (tertiary/aromatic N) is 1. The molecule has 8 heteroatoms. The van der Waals surface area contributed by atoms with E-state index in [1.54, 1.807) is 73.8 Å². The minimum atomic E-state index is -0.433. The monoisotopic (exact) mass is 441 g/mol. The minimum Gasteiger partial charge on any atom is -0.497 e. The number of hydrogen-bond acceptors (Lipinski definition) is 4. The Labute approximate surface area is 183 Å². The molecule has 0 unspecified atom stereocenters. The summed E-state index contributed by atoms with van der Waals surface area (Å²) in [5.41, 5.74) is 4.32. The molecule has 3 aromatic carbocycles. The van der Waals surface area contributed by atoms with Gasteiger partial charge in [-0.25, -0.2) is 5.43 Å². The number of nitrogens with one attached hydrogen (secondary N) is 2. The second-order valence-corrected chi connectivity index (χ2v) is 6.97. The van der Waals surface area contributed by atoms with Crippen LogP contribution in [0.15, 0.2) is 71.8 Å². The van der Waals surface area contributed by atoms with Gasteiger partial charge in [0.2, 0.25) is 0 Å². The lowest BCUT2D eigenvalue weighted by Crippen LogP contribution is -2.18. The first kappa shape index (κ1) is 21.4. The van der Waals surface area contributed by atoms with Crippen LogP contribution >= 0.6 is 23.2 Å². The van der Waals surface area contributed by atoms with Crippen LogP contribution < -0.4 is 15.5 Å². The Morgan fingerprint density at radius 3 is 2.40 bits per heavy atom. The molecule has 0 aliphatic heterocycles. The van der Waals surface area contributed by atoms with E-state index in [1.165, 1.54) is 6.21 Å². The third-order valence-corrected chi connectivity index (χ3v) is 4.63. The van der Waals surface area contributed by atoms with E-state index < -0.39 is 5.91 Å². The third kappa shape index (κ3) is 5.59. The Morgan fingerprint density at radius 2 is 1.70 bits per heavy atom. The highest BCUT2D eigenvalue weighted by Crippen LogP contribution is 2.19. The average molecular weight is 442 g/mol. The molecule has 30 heavy (non-hydrogen) atoms. The maximum Gasteiger partial charge on any atom is 0.271 e. The summed E-state index contributed by atoms with van der Waals surface area (Å²) in [7, 11) is 1.56. The van der Waals surface area contributed by atoms with E-state index in [2.05, 4.69) is 15.8 Å². The quantitative estimate of drug-likeness (QED) is 0.416. The van der Waals surface area contributed by atoms with Crippen molar-refractivity contribution in [2.24, 2.45) is 5.10 Å². The number of rotatable bonds is 6. The standard InChI is InChI=1S/C22H17Cl2N3O3/c1-30-19-9-6-14(7-10-19)21(28)26-18-4-2-3-15(11-18)22(29)27-25-13-16-5-8-17(23)12-20(16)24/h2-13H,1H3,(H,26,28)(H,27,29). The fourth-order valence-electron chi connectivity index (χ4n) is 2.52. The number of hydrogen-bond donors (Lipinski definition) is 2. The molecule has 0 spiro atoms. The van der Waals surface area contributed by atoms with E-state index in [0.29, 0.717) is 38.2 Å². The SMILES string of the molecule is COc1ccc(C(=O)Nc2cccc(C(=O)NN=Cc3ccc(Cl)cc3Cl)c2)cc1. The fraction of sp³-hybridized carbons (Fsp3) is 0.0455. The van der Waals surface area contributed by atoms with Crippen LogP contribution in [0.25, 0.3) is 0 Å². The van der Waals surface area contributed by atoms with Crippen LogP contribution in [0.4, 0.5) is 5.69 Å². The number of benzene rings is 3. The van der Waals surface area contributed by atoms with Gasteiger partial charge in [-0.2, -0.15) is 5.10 Å². The molecule has 3 rings (SSSR count). The Balaban J connectivity index is 1.64. The number of anilines is 1. The van der Waals surface area contributed by atoms with Crippen molar-refractivity contribution in [3.05, 3.63) is 93.5 Å². The first-order valence-corrected chi connectivity index (χ1v) is 9.56. The lowest BCUT2D eigenvalue weighted by molar-refractivity contribution is 0.0953. The van der Waals surface area contributed by atoms with Crippen LogP contribution in [-0.4, -0.2) is 25.1 Å². The third-order valence-electron chi connectivity index (χ3n) is 4.07. The highest BCUT2D eigenvalue weighted by Gasteiger charge is 2.09. The molecule has 0 saturated carbocycles. The summed E-state index contributed by atoms with van der Waals surface area (Å²) in [6.07, 6.45) is 1.42. The van der Waals surface area contributed by atoms with Gasteiger partial charge in [0.25, 0.3) is 11.8 Å². The Morgan fingerprint density at radius 1 is 0.933 bits per heavy atom. The smallest absolute Gasteiger partial charge is 0.271 e. The van der Waals surface area contributed by atoms with Gasteiger partial charge in [0.1, 0.15) is 5.75 Å². The number of carbonyl (C=O) groups is 2. The number of carbonyl (C=O) groups excluding carboxylic acids is 2. The van der Waals surface area contributed by atoms with Gasteiger partial charge in [0.05, 0.1) is 18.3 Å². The minimum absolute atomic E-state index is 0.300. The van der Waals surface area contributed by atoms with Crippen molar-refractivity contribution in [3.8, 4) is 5.75 Å². The average Bonchev–Trinajstić information content (AvgIpc) is 2.75. The first-order chi connectivity index (χ1) is 14.5. The van der Waals surface area contributed by atoms with E-state index in [1.807, 2.05) is 0 Å². The predicted molar refractivity (Wildman–Crippen MR) is 119 cm³/mol. The molecule has 0 aromatic heterocycles.